The Morgan fingerprint density at radius 3 is 2.37 bits per heavy atom. The SMILES string of the molecule is CC(C)[C@]1(C(=O)N2CCN(c3cc(C(F)(F)F)ccn3)CC2)CC[C@@H](NC2CCS(=O)(=O)CC2)C1. The number of halogens is 3. The van der Waals surface area contributed by atoms with Gasteiger partial charge in [-0.3, -0.25) is 4.79 Å². The summed E-state index contributed by atoms with van der Waals surface area (Å²) >= 11 is 0. The molecule has 1 saturated carbocycles. The maximum Gasteiger partial charge on any atom is 0.416 e. The van der Waals surface area contributed by atoms with Crippen LogP contribution >= 0.6 is 0 Å². The van der Waals surface area contributed by atoms with Crippen molar-refractivity contribution in [1.29, 1.82) is 0 Å². The summed E-state index contributed by atoms with van der Waals surface area (Å²) in [4.78, 5) is 21.5. The fourth-order valence-corrected chi connectivity index (χ4v) is 7.29. The normalized spacial score (nSPS) is 28.0. The van der Waals surface area contributed by atoms with Crippen molar-refractivity contribution in [3.8, 4) is 0 Å². The Kier molecular flexibility index (Phi) is 7.39. The number of alkyl halides is 3. The van der Waals surface area contributed by atoms with Crippen LogP contribution in [0.2, 0.25) is 0 Å². The molecule has 1 aliphatic carbocycles. The summed E-state index contributed by atoms with van der Waals surface area (Å²) in [6.07, 6.45) is 0.375. The molecule has 11 heteroatoms. The van der Waals surface area contributed by atoms with Crippen LogP contribution in [0, 0.1) is 11.3 Å². The van der Waals surface area contributed by atoms with Crippen molar-refractivity contribution in [3.63, 3.8) is 0 Å². The third-order valence-electron chi connectivity index (χ3n) is 8.07. The molecular weight excluding hydrogens is 481 g/mol. The van der Waals surface area contributed by atoms with E-state index in [1.165, 1.54) is 6.20 Å². The first kappa shape index (κ1) is 26.2. The molecular formula is C24H35F3N4O3S. The van der Waals surface area contributed by atoms with Crippen LogP contribution < -0.4 is 10.2 Å². The number of nitrogens with zero attached hydrogens (tertiary/aromatic N) is 3. The number of amides is 1. The molecule has 1 N–H and O–H groups in total. The van der Waals surface area contributed by atoms with Crippen LogP contribution in [0.5, 0.6) is 0 Å². The van der Waals surface area contributed by atoms with Crippen molar-refractivity contribution in [2.24, 2.45) is 11.3 Å². The molecule has 2 atom stereocenters. The first-order valence-electron chi connectivity index (χ1n) is 12.4. The topological polar surface area (TPSA) is 82.6 Å². The molecule has 4 rings (SSSR count). The highest BCUT2D eigenvalue weighted by Crippen LogP contribution is 2.46. The average Bonchev–Trinajstić information content (AvgIpc) is 3.25. The van der Waals surface area contributed by atoms with Crippen molar-refractivity contribution < 1.29 is 26.4 Å². The van der Waals surface area contributed by atoms with Crippen LogP contribution in [0.15, 0.2) is 18.3 Å². The monoisotopic (exact) mass is 516 g/mol. The Balaban J connectivity index is 1.36. The van der Waals surface area contributed by atoms with Gasteiger partial charge in [0.2, 0.25) is 5.91 Å². The highest BCUT2D eigenvalue weighted by molar-refractivity contribution is 7.91. The zero-order chi connectivity index (χ0) is 25.4. The number of anilines is 1. The van der Waals surface area contributed by atoms with Gasteiger partial charge in [-0.15, -0.1) is 0 Å². The quantitative estimate of drug-likeness (QED) is 0.648. The molecule has 1 amide bonds. The first-order chi connectivity index (χ1) is 16.4. The number of sulfone groups is 1. The Bertz CT molecular complexity index is 1010. The lowest BCUT2D eigenvalue weighted by Crippen LogP contribution is -2.54. The number of rotatable bonds is 5. The van der Waals surface area contributed by atoms with Gasteiger partial charge in [0.25, 0.3) is 0 Å². The second-order valence-electron chi connectivity index (χ2n) is 10.5. The zero-order valence-electron chi connectivity index (χ0n) is 20.4. The zero-order valence-corrected chi connectivity index (χ0v) is 21.2. The molecule has 3 aliphatic rings. The molecule has 0 aromatic carbocycles. The fourth-order valence-electron chi connectivity index (χ4n) is 5.79. The molecule has 0 radical (unpaired) electrons. The third-order valence-corrected chi connectivity index (χ3v) is 9.79. The molecule has 2 aliphatic heterocycles. The van der Waals surface area contributed by atoms with Crippen LogP contribution in [0.25, 0.3) is 0 Å². The van der Waals surface area contributed by atoms with Crippen LogP contribution in [-0.4, -0.2) is 74.0 Å². The first-order valence-corrected chi connectivity index (χ1v) is 14.3. The van der Waals surface area contributed by atoms with Gasteiger partial charge in [0, 0.05) is 44.5 Å². The summed E-state index contributed by atoms with van der Waals surface area (Å²) in [7, 11) is -2.91. The Morgan fingerprint density at radius 2 is 1.77 bits per heavy atom. The van der Waals surface area contributed by atoms with Gasteiger partial charge < -0.3 is 15.1 Å². The van der Waals surface area contributed by atoms with E-state index in [0.717, 1.165) is 31.4 Å². The number of hydrogen-bond donors (Lipinski definition) is 1. The molecule has 1 aromatic rings. The molecule has 2 saturated heterocycles. The van der Waals surface area contributed by atoms with Gasteiger partial charge in [-0.2, -0.15) is 13.2 Å². The average molecular weight is 517 g/mol. The minimum atomic E-state index is -4.42. The lowest BCUT2D eigenvalue weighted by Gasteiger charge is -2.42. The summed E-state index contributed by atoms with van der Waals surface area (Å²) in [6, 6.07) is 2.39. The van der Waals surface area contributed by atoms with Gasteiger partial charge in [-0.1, -0.05) is 13.8 Å². The lowest BCUT2D eigenvalue weighted by molar-refractivity contribution is -0.145. The Labute approximate surface area is 205 Å². The van der Waals surface area contributed by atoms with E-state index in [9.17, 15) is 26.4 Å². The fraction of sp³-hybridized carbons (Fsp3) is 0.750. The van der Waals surface area contributed by atoms with Crippen molar-refractivity contribution in [2.45, 2.75) is 64.2 Å². The van der Waals surface area contributed by atoms with E-state index in [1.807, 2.05) is 4.90 Å². The number of piperazine rings is 1. The van der Waals surface area contributed by atoms with E-state index in [2.05, 4.69) is 24.1 Å². The van der Waals surface area contributed by atoms with Crippen molar-refractivity contribution >= 4 is 21.6 Å². The number of carbonyl (C=O) groups excluding carboxylic acids is 1. The number of hydrogen-bond acceptors (Lipinski definition) is 6. The molecule has 35 heavy (non-hydrogen) atoms. The van der Waals surface area contributed by atoms with Gasteiger partial charge in [0.15, 0.2) is 0 Å². The highest BCUT2D eigenvalue weighted by atomic mass is 32.2. The number of carbonyl (C=O) groups is 1. The second kappa shape index (κ2) is 9.88. The predicted octanol–water partition coefficient (Wildman–Crippen LogP) is 3.11. The van der Waals surface area contributed by atoms with Crippen molar-refractivity contribution in [2.75, 3.05) is 42.6 Å². The number of pyridine rings is 1. The minimum Gasteiger partial charge on any atom is -0.353 e. The van der Waals surface area contributed by atoms with E-state index in [0.29, 0.717) is 39.0 Å². The summed E-state index contributed by atoms with van der Waals surface area (Å²) in [5, 5.41) is 3.63. The van der Waals surface area contributed by atoms with E-state index < -0.39 is 27.0 Å². The van der Waals surface area contributed by atoms with Gasteiger partial charge in [-0.25, -0.2) is 13.4 Å². The lowest BCUT2D eigenvalue weighted by atomic mass is 9.74. The van der Waals surface area contributed by atoms with E-state index in [-0.39, 0.29) is 41.2 Å². The molecule has 7 nitrogen and oxygen atoms in total. The third kappa shape index (κ3) is 5.76. The molecule has 0 bridgehead atoms. The van der Waals surface area contributed by atoms with E-state index in [4.69, 9.17) is 0 Å². The second-order valence-corrected chi connectivity index (χ2v) is 12.8. The van der Waals surface area contributed by atoms with Crippen LogP contribution in [0.3, 0.4) is 0 Å². The molecule has 3 heterocycles. The van der Waals surface area contributed by atoms with Crippen LogP contribution in [-0.2, 0) is 20.8 Å². The smallest absolute Gasteiger partial charge is 0.353 e. The molecule has 3 fully saturated rings. The van der Waals surface area contributed by atoms with E-state index in [1.54, 1.807) is 4.90 Å². The maximum atomic E-state index is 13.8. The molecule has 196 valence electrons. The number of nitrogens with one attached hydrogen (secondary N) is 1. The standard InChI is InChI=1S/C24H35F3N4O3S/c1-17(2)23(7-3-20(16-23)29-19-5-13-35(33,34)14-6-19)22(32)31-11-9-30(10-12-31)21-15-18(4-8-28-21)24(25,26)27/h4,8,15,17,19-20,29H,3,5-7,9-14,16H2,1-2H3/t20-,23+/m1/s1. The van der Waals surface area contributed by atoms with Gasteiger partial charge >= 0.3 is 6.18 Å². The van der Waals surface area contributed by atoms with Gasteiger partial charge in [0.05, 0.1) is 22.5 Å². The molecule has 1 aromatic heterocycles. The summed E-state index contributed by atoms with van der Waals surface area (Å²) < 4.78 is 62.7. The van der Waals surface area contributed by atoms with Crippen molar-refractivity contribution in [1.82, 2.24) is 15.2 Å². The Hall–Kier alpha value is -1.88. The van der Waals surface area contributed by atoms with Crippen molar-refractivity contribution in [3.05, 3.63) is 23.9 Å². The molecule has 0 spiro atoms. The van der Waals surface area contributed by atoms with Gasteiger partial charge in [-0.05, 0) is 50.2 Å². The summed E-state index contributed by atoms with van der Waals surface area (Å²) in [6.45, 7) is 5.93. The Morgan fingerprint density at radius 1 is 1.11 bits per heavy atom. The van der Waals surface area contributed by atoms with E-state index >= 15 is 0 Å². The predicted molar refractivity (Wildman–Crippen MR) is 128 cm³/mol. The van der Waals surface area contributed by atoms with Gasteiger partial charge in [0.1, 0.15) is 15.7 Å². The maximum absolute atomic E-state index is 13.8. The van der Waals surface area contributed by atoms with Crippen LogP contribution in [0.4, 0.5) is 19.0 Å². The number of aromatic nitrogens is 1. The minimum absolute atomic E-state index is 0.125. The summed E-state index contributed by atoms with van der Waals surface area (Å²) in [5.74, 6) is 0.995. The summed E-state index contributed by atoms with van der Waals surface area (Å²) in [5.41, 5.74) is -1.20. The largest absolute Gasteiger partial charge is 0.416 e. The van der Waals surface area contributed by atoms with Crippen LogP contribution in [0.1, 0.15) is 51.5 Å². The highest BCUT2D eigenvalue weighted by Gasteiger charge is 2.50. The molecule has 0 unspecified atom stereocenters.